The lowest BCUT2D eigenvalue weighted by molar-refractivity contribution is -0.134. The highest BCUT2D eigenvalue weighted by atomic mass is 35.5. The van der Waals surface area contributed by atoms with Crippen LogP contribution < -0.4 is 5.32 Å². The number of aryl methyl sites for hydroxylation is 1. The molecule has 2 rings (SSSR count). The summed E-state index contributed by atoms with van der Waals surface area (Å²) in [6, 6.07) is 8.43. The first-order valence-corrected chi connectivity index (χ1v) is 8.80. The van der Waals surface area contributed by atoms with Crippen molar-refractivity contribution in [3.05, 3.63) is 52.4 Å². The maximum Gasteiger partial charge on any atom is 0.244 e. The van der Waals surface area contributed by atoms with Gasteiger partial charge in [0.25, 0.3) is 0 Å². The number of carbonyl (C=O) groups is 2. The molecule has 0 fully saturated rings. The molecule has 0 aliphatic heterocycles. The van der Waals surface area contributed by atoms with Crippen LogP contribution in [-0.4, -0.2) is 29.8 Å². The number of rotatable bonds is 8. The summed E-state index contributed by atoms with van der Waals surface area (Å²) in [6.07, 6.45) is 3.15. The molecule has 2 aromatic rings. The van der Waals surface area contributed by atoms with Crippen molar-refractivity contribution in [2.45, 2.75) is 26.2 Å². The highest BCUT2D eigenvalue weighted by Crippen LogP contribution is 2.25. The van der Waals surface area contributed by atoms with Crippen LogP contribution in [0.2, 0.25) is 10.0 Å². The maximum atomic E-state index is 12.4. The van der Waals surface area contributed by atoms with Gasteiger partial charge in [0.1, 0.15) is 5.76 Å². The van der Waals surface area contributed by atoms with Crippen LogP contribution in [0.3, 0.4) is 0 Å². The lowest BCUT2D eigenvalue weighted by Gasteiger charge is -2.21. The van der Waals surface area contributed by atoms with Gasteiger partial charge in [-0.1, -0.05) is 30.1 Å². The molecule has 0 saturated heterocycles. The van der Waals surface area contributed by atoms with Crippen molar-refractivity contribution in [3.63, 3.8) is 0 Å². The second-order valence-corrected chi connectivity index (χ2v) is 6.41. The van der Waals surface area contributed by atoms with Crippen molar-refractivity contribution >= 4 is 40.7 Å². The Morgan fingerprint density at radius 3 is 2.68 bits per heavy atom. The highest BCUT2D eigenvalue weighted by molar-refractivity contribution is 6.36. The number of nitrogens with zero attached hydrogens (tertiary/aromatic N) is 1. The van der Waals surface area contributed by atoms with E-state index in [0.717, 1.165) is 12.2 Å². The van der Waals surface area contributed by atoms with Crippen LogP contribution in [0, 0.1) is 0 Å². The van der Waals surface area contributed by atoms with E-state index in [1.807, 2.05) is 13.0 Å². The first-order valence-electron chi connectivity index (χ1n) is 8.04. The van der Waals surface area contributed by atoms with Gasteiger partial charge in [0.2, 0.25) is 11.8 Å². The van der Waals surface area contributed by atoms with E-state index < -0.39 is 0 Å². The van der Waals surface area contributed by atoms with Crippen LogP contribution in [-0.2, 0) is 16.0 Å². The zero-order valence-corrected chi connectivity index (χ0v) is 15.4. The van der Waals surface area contributed by atoms with Gasteiger partial charge in [0, 0.05) is 24.4 Å². The normalized spacial score (nSPS) is 10.5. The molecule has 7 heteroatoms. The minimum Gasteiger partial charge on any atom is -0.469 e. The summed E-state index contributed by atoms with van der Waals surface area (Å²) in [5, 5.41) is 3.55. The predicted octanol–water partition coefficient (Wildman–Crippen LogP) is 4.40. The number of benzene rings is 1. The van der Waals surface area contributed by atoms with Crippen molar-refractivity contribution < 1.29 is 14.0 Å². The SMILES string of the molecule is CCCN(CC(=O)Nc1ccc(Cl)cc1Cl)C(=O)CCc1ccco1. The maximum absolute atomic E-state index is 12.4. The predicted molar refractivity (Wildman–Crippen MR) is 99.0 cm³/mol. The zero-order valence-electron chi connectivity index (χ0n) is 13.9. The number of hydrogen-bond acceptors (Lipinski definition) is 3. The molecule has 134 valence electrons. The summed E-state index contributed by atoms with van der Waals surface area (Å²) >= 11 is 11.9. The zero-order chi connectivity index (χ0) is 18.2. The van der Waals surface area contributed by atoms with Crippen molar-refractivity contribution in [2.75, 3.05) is 18.4 Å². The third kappa shape index (κ3) is 6.11. The second kappa shape index (κ2) is 9.49. The van der Waals surface area contributed by atoms with Crippen LogP contribution in [0.25, 0.3) is 0 Å². The van der Waals surface area contributed by atoms with E-state index in [1.165, 1.54) is 0 Å². The molecule has 1 N–H and O–H groups in total. The Morgan fingerprint density at radius 1 is 1.24 bits per heavy atom. The monoisotopic (exact) mass is 382 g/mol. The van der Waals surface area contributed by atoms with Crippen LogP contribution in [0.5, 0.6) is 0 Å². The van der Waals surface area contributed by atoms with Gasteiger partial charge in [-0.3, -0.25) is 9.59 Å². The van der Waals surface area contributed by atoms with Crippen molar-refractivity contribution in [3.8, 4) is 0 Å². The van der Waals surface area contributed by atoms with Gasteiger partial charge in [-0.15, -0.1) is 0 Å². The molecule has 0 saturated carbocycles. The molecule has 1 heterocycles. The number of hydrogen-bond donors (Lipinski definition) is 1. The Kier molecular flexibility index (Phi) is 7.34. The molecule has 1 aromatic carbocycles. The summed E-state index contributed by atoms with van der Waals surface area (Å²) in [4.78, 5) is 26.2. The Labute approximate surface area is 156 Å². The summed E-state index contributed by atoms with van der Waals surface area (Å²) in [6.45, 7) is 2.45. The largest absolute Gasteiger partial charge is 0.469 e. The average molecular weight is 383 g/mol. The molecule has 0 unspecified atom stereocenters. The fourth-order valence-electron chi connectivity index (χ4n) is 2.36. The molecule has 0 aliphatic rings. The summed E-state index contributed by atoms with van der Waals surface area (Å²) in [5.41, 5.74) is 0.468. The molecule has 5 nitrogen and oxygen atoms in total. The highest BCUT2D eigenvalue weighted by Gasteiger charge is 2.17. The number of amides is 2. The molecular formula is C18H20Cl2N2O3. The van der Waals surface area contributed by atoms with Crippen molar-refractivity contribution in [2.24, 2.45) is 0 Å². The van der Waals surface area contributed by atoms with Crippen LogP contribution in [0.1, 0.15) is 25.5 Å². The third-order valence-electron chi connectivity index (χ3n) is 3.55. The van der Waals surface area contributed by atoms with Crippen LogP contribution in [0.4, 0.5) is 5.69 Å². The Hall–Kier alpha value is -1.98. The first kappa shape index (κ1) is 19.3. The van der Waals surface area contributed by atoms with E-state index in [-0.39, 0.29) is 18.4 Å². The van der Waals surface area contributed by atoms with Gasteiger partial charge in [-0.2, -0.15) is 0 Å². The topological polar surface area (TPSA) is 62.6 Å². The van der Waals surface area contributed by atoms with Gasteiger partial charge >= 0.3 is 0 Å². The van der Waals surface area contributed by atoms with E-state index >= 15 is 0 Å². The smallest absolute Gasteiger partial charge is 0.244 e. The van der Waals surface area contributed by atoms with Crippen LogP contribution in [0.15, 0.2) is 41.0 Å². The van der Waals surface area contributed by atoms with Gasteiger partial charge in [-0.25, -0.2) is 0 Å². The number of nitrogens with one attached hydrogen (secondary N) is 1. The number of anilines is 1. The van der Waals surface area contributed by atoms with Gasteiger partial charge in [0.05, 0.1) is 23.5 Å². The molecule has 1 aromatic heterocycles. The second-order valence-electron chi connectivity index (χ2n) is 5.57. The minimum absolute atomic E-state index is 0.0240. The molecule has 2 amide bonds. The van der Waals surface area contributed by atoms with Crippen LogP contribution >= 0.6 is 23.2 Å². The first-order chi connectivity index (χ1) is 12.0. The molecule has 0 bridgehead atoms. The molecule has 0 aliphatic carbocycles. The van der Waals surface area contributed by atoms with Crippen molar-refractivity contribution in [1.29, 1.82) is 0 Å². The third-order valence-corrected chi connectivity index (χ3v) is 4.10. The Balaban J connectivity index is 1.92. The van der Waals surface area contributed by atoms with E-state index in [9.17, 15) is 9.59 Å². The Morgan fingerprint density at radius 2 is 2.04 bits per heavy atom. The van der Waals surface area contributed by atoms with Gasteiger partial charge < -0.3 is 14.6 Å². The standard InChI is InChI=1S/C18H20Cl2N2O3/c1-2-9-22(18(24)8-6-14-4-3-10-25-14)12-17(23)21-16-7-5-13(19)11-15(16)20/h3-5,7,10-11H,2,6,8-9,12H2,1H3,(H,21,23). The van der Waals surface area contributed by atoms with Crippen molar-refractivity contribution in [1.82, 2.24) is 4.90 Å². The molecular weight excluding hydrogens is 363 g/mol. The number of halogens is 2. The lowest BCUT2D eigenvalue weighted by Crippen LogP contribution is -2.38. The van der Waals surface area contributed by atoms with Gasteiger partial charge in [0.15, 0.2) is 0 Å². The Bertz CT molecular complexity index is 717. The molecule has 0 radical (unpaired) electrons. The average Bonchev–Trinajstić information content (AvgIpc) is 3.08. The lowest BCUT2D eigenvalue weighted by atomic mass is 10.2. The molecule has 0 spiro atoms. The summed E-state index contributed by atoms with van der Waals surface area (Å²) < 4.78 is 5.23. The molecule has 25 heavy (non-hydrogen) atoms. The minimum atomic E-state index is -0.302. The van der Waals surface area contributed by atoms with E-state index in [2.05, 4.69) is 5.32 Å². The van der Waals surface area contributed by atoms with E-state index in [0.29, 0.717) is 35.1 Å². The number of carbonyl (C=O) groups excluding carboxylic acids is 2. The number of furan rings is 1. The van der Waals surface area contributed by atoms with Gasteiger partial charge in [-0.05, 0) is 36.8 Å². The summed E-state index contributed by atoms with van der Waals surface area (Å²) in [7, 11) is 0. The quantitative estimate of drug-likeness (QED) is 0.735. The summed E-state index contributed by atoms with van der Waals surface area (Å²) in [5.74, 6) is 0.363. The van der Waals surface area contributed by atoms with E-state index in [1.54, 1.807) is 35.4 Å². The fraction of sp³-hybridized carbons (Fsp3) is 0.333. The van der Waals surface area contributed by atoms with E-state index in [4.69, 9.17) is 27.6 Å². The molecule has 0 atom stereocenters. The fourth-order valence-corrected chi connectivity index (χ4v) is 2.81.